The third-order valence-corrected chi connectivity index (χ3v) is 3.99. The average Bonchev–Trinajstić information content (AvgIpc) is 2.42. The molecule has 1 atom stereocenters. The van der Waals surface area contributed by atoms with E-state index in [-0.39, 0.29) is 5.91 Å². The summed E-state index contributed by atoms with van der Waals surface area (Å²) >= 11 is 12.0. The van der Waals surface area contributed by atoms with Gasteiger partial charge in [0.05, 0.1) is 15.7 Å². The molecule has 0 saturated carbocycles. The van der Waals surface area contributed by atoms with E-state index in [1.54, 1.807) is 18.2 Å². The second kappa shape index (κ2) is 7.13. The molecule has 0 aliphatic carbocycles. The second-order valence-electron chi connectivity index (χ2n) is 4.83. The highest BCUT2D eigenvalue weighted by molar-refractivity contribution is 6.39. The van der Waals surface area contributed by atoms with Gasteiger partial charge in [0.1, 0.15) is 0 Å². The van der Waals surface area contributed by atoms with Gasteiger partial charge in [0, 0.05) is 12.5 Å². The molecule has 2 rings (SSSR count). The van der Waals surface area contributed by atoms with Crippen LogP contribution in [-0.2, 0) is 4.79 Å². The van der Waals surface area contributed by atoms with Gasteiger partial charge in [-0.15, -0.1) is 0 Å². The SMILES string of the molecule is O=C(CCC1CCCCN1)Nc1c(Cl)cccc1Cl. The van der Waals surface area contributed by atoms with Gasteiger partial charge in [0.2, 0.25) is 5.91 Å². The molecule has 1 heterocycles. The summed E-state index contributed by atoms with van der Waals surface area (Å²) in [5, 5.41) is 7.15. The Hall–Kier alpha value is -0.770. The molecule has 104 valence electrons. The maximum atomic E-state index is 11.9. The van der Waals surface area contributed by atoms with Crippen LogP contribution in [-0.4, -0.2) is 18.5 Å². The van der Waals surface area contributed by atoms with E-state index in [4.69, 9.17) is 23.2 Å². The Labute approximate surface area is 123 Å². The van der Waals surface area contributed by atoms with Crippen molar-refractivity contribution in [1.29, 1.82) is 0 Å². The number of anilines is 1. The average molecular weight is 301 g/mol. The van der Waals surface area contributed by atoms with Crippen LogP contribution < -0.4 is 10.6 Å². The normalized spacial score (nSPS) is 19.2. The maximum absolute atomic E-state index is 11.9. The summed E-state index contributed by atoms with van der Waals surface area (Å²) in [5.41, 5.74) is 0.507. The zero-order valence-corrected chi connectivity index (χ0v) is 12.2. The lowest BCUT2D eigenvalue weighted by Gasteiger charge is -2.23. The predicted molar refractivity (Wildman–Crippen MR) is 80.0 cm³/mol. The van der Waals surface area contributed by atoms with E-state index in [9.17, 15) is 4.79 Å². The molecule has 0 spiro atoms. The highest BCUT2D eigenvalue weighted by Crippen LogP contribution is 2.29. The molecule has 3 nitrogen and oxygen atoms in total. The van der Waals surface area contributed by atoms with Crippen LogP contribution in [0.5, 0.6) is 0 Å². The molecule has 1 aliphatic rings. The van der Waals surface area contributed by atoms with Gasteiger partial charge in [-0.3, -0.25) is 4.79 Å². The first-order valence-corrected chi connectivity index (χ1v) is 7.39. The van der Waals surface area contributed by atoms with E-state index in [0.29, 0.717) is 28.2 Å². The molecule has 19 heavy (non-hydrogen) atoms. The highest BCUT2D eigenvalue weighted by Gasteiger charge is 2.15. The molecule has 2 N–H and O–H groups in total. The molecule has 1 amide bonds. The quantitative estimate of drug-likeness (QED) is 0.886. The Balaban J connectivity index is 1.83. The number of piperidine rings is 1. The zero-order chi connectivity index (χ0) is 13.7. The fourth-order valence-electron chi connectivity index (χ4n) is 2.29. The Morgan fingerprint density at radius 3 is 2.68 bits per heavy atom. The molecule has 1 aromatic rings. The topological polar surface area (TPSA) is 41.1 Å². The Kier molecular flexibility index (Phi) is 5.49. The summed E-state index contributed by atoms with van der Waals surface area (Å²) in [5.74, 6) is -0.0395. The van der Waals surface area contributed by atoms with E-state index < -0.39 is 0 Å². The third-order valence-electron chi connectivity index (χ3n) is 3.36. The van der Waals surface area contributed by atoms with Crippen LogP contribution in [0.1, 0.15) is 32.1 Å². The largest absolute Gasteiger partial charge is 0.324 e. The summed E-state index contributed by atoms with van der Waals surface area (Å²) in [6.45, 7) is 1.06. The lowest BCUT2D eigenvalue weighted by molar-refractivity contribution is -0.116. The van der Waals surface area contributed by atoms with Crippen molar-refractivity contribution >= 4 is 34.8 Å². The lowest BCUT2D eigenvalue weighted by atomic mass is 10.0. The molecular formula is C14H18Cl2N2O. The fourth-order valence-corrected chi connectivity index (χ4v) is 2.79. The van der Waals surface area contributed by atoms with E-state index in [1.807, 2.05) is 0 Å². The molecule has 1 unspecified atom stereocenters. The highest BCUT2D eigenvalue weighted by atomic mass is 35.5. The van der Waals surface area contributed by atoms with Crippen molar-refractivity contribution in [3.05, 3.63) is 28.2 Å². The van der Waals surface area contributed by atoms with Crippen LogP contribution in [0, 0.1) is 0 Å². The van der Waals surface area contributed by atoms with Crippen molar-refractivity contribution in [2.75, 3.05) is 11.9 Å². The van der Waals surface area contributed by atoms with Gasteiger partial charge in [0.25, 0.3) is 0 Å². The van der Waals surface area contributed by atoms with Crippen LogP contribution in [0.3, 0.4) is 0 Å². The molecule has 1 fully saturated rings. The van der Waals surface area contributed by atoms with Crippen LogP contribution in [0.4, 0.5) is 5.69 Å². The molecule has 0 aromatic heterocycles. The third kappa shape index (κ3) is 4.37. The number of amides is 1. The van der Waals surface area contributed by atoms with E-state index in [1.165, 1.54) is 12.8 Å². The first kappa shape index (κ1) is 14.6. The van der Waals surface area contributed by atoms with Crippen LogP contribution in [0.2, 0.25) is 10.0 Å². The Morgan fingerprint density at radius 1 is 1.32 bits per heavy atom. The zero-order valence-electron chi connectivity index (χ0n) is 10.7. The minimum Gasteiger partial charge on any atom is -0.324 e. The molecule has 5 heteroatoms. The summed E-state index contributed by atoms with van der Waals surface area (Å²) in [4.78, 5) is 11.9. The molecule has 0 radical (unpaired) electrons. The first-order valence-electron chi connectivity index (χ1n) is 6.64. The predicted octanol–water partition coefficient (Wildman–Crippen LogP) is 3.85. The number of carbonyl (C=O) groups is 1. The van der Waals surface area contributed by atoms with E-state index in [0.717, 1.165) is 19.4 Å². The Morgan fingerprint density at radius 2 is 2.05 bits per heavy atom. The summed E-state index contributed by atoms with van der Waals surface area (Å²) < 4.78 is 0. The van der Waals surface area contributed by atoms with Crippen LogP contribution >= 0.6 is 23.2 Å². The van der Waals surface area contributed by atoms with Crippen molar-refractivity contribution in [1.82, 2.24) is 5.32 Å². The Bertz CT molecular complexity index is 425. The number of nitrogens with one attached hydrogen (secondary N) is 2. The van der Waals surface area contributed by atoms with Crippen LogP contribution in [0.25, 0.3) is 0 Å². The second-order valence-corrected chi connectivity index (χ2v) is 5.64. The first-order chi connectivity index (χ1) is 9.16. The van der Waals surface area contributed by atoms with Gasteiger partial charge in [0.15, 0.2) is 0 Å². The lowest BCUT2D eigenvalue weighted by Crippen LogP contribution is -2.34. The van der Waals surface area contributed by atoms with Crippen LogP contribution in [0.15, 0.2) is 18.2 Å². The number of hydrogen-bond acceptors (Lipinski definition) is 2. The fraction of sp³-hybridized carbons (Fsp3) is 0.500. The number of para-hydroxylation sites is 1. The van der Waals surface area contributed by atoms with E-state index in [2.05, 4.69) is 10.6 Å². The number of rotatable bonds is 4. The number of benzene rings is 1. The smallest absolute Gasteiger partial charge is 0.224 e. The summed E-state index contributed by atoms with van der Waals surface area (Å²) in [7, 11) is 0. The molecule has 1 aliphatic heterocycles. The molecule has 1 saturated heterocycles. The molecule has 0 bridgehead atoms. The van der Waals surface area contributed by atoms with Crippen molar-refractivity contribution in [2.45, 2.75) is 38.1 Å². The van der Waals surface area contributed by atoms with Gasteiger partial charge in [-0.2, -0.15) is 0 Å². The van der Waals surface area contributed by atoms with Crippen molar-refractivity contribution in [3.63, 3.8) is 0 Å². The van der Waals surface area contributed by atoms with Gasteiger partial charge in [-0.1, -0.05) is 35.7 Å². The van der Waals surface area contributed by atoms with Gasteiger partial charge < -0.3 is 10.6 Å². The molecule has 1 aromatic carbocycles. The van der Waals surface area contributed by atoms with Crippen molar-refractivity contribution in [3.8, 4) is 0 Å². The number of halogens is 2. The van der Waals surface area contributed by atoms with Crippen molar-refractivity contribution < 1.29 is 4.79 Å². The summed E-state index contributed by atoms with van der Waals surface area (Å²) in [6, 6.07) is 5.64. The summed E-state index contributed by atoms with van der Waals surface area (Å²) in [6.07, 6.45) is 4.97. The minimum absolute atomic E-state index is 0.0395. The van der Waals surface area contributed by atoms with Gasteiger partial charge in [-0.25, -0.2) is 0 Å². The van der Waals surface area contributed by atoms with Gasteiger partial charge >= 0.3 is 0 Å². The number of hydrogen-bond donors (Lipinski definition) is 2. The van der Waals surface area contributed by atoms with Gasteiger partial charge in [-0.05, 0) is 37.9 Å². The standard InChI is InChI=1S/C14H18Cl2N2O/c15-11-5-3-6-12(16)14(11)18-13(19)8-7-10-4-1-2-9-17-10/h3,5-6,10,17H,1-2,4,7-9H2,(H,18,19). The molecular weight excluding hydrogens is 283 g/mol. The van der Waals surface area contributed by atoms with Crippen molar-refractivity contribution in [2.24, 2.45) is 0 Å². The monoisotopic (exact) mass is 300 g/mol. The maximum Gasteiger partial charge on any atom is 0.224 e. The number of carbonyl (C=O) groups excluding carboxylic acids is 1. The van der Waals surface area contributed by atoms with E-state index >= 15 is 0 Å². The minimum atomic E-state index is -0.0395.